The molecule has 0 N–H and O–H groups in total. The molecule has 0 radical (unpaired) electrons. The smallest absolute Gasteiger partial charge is 0.0702 e. The number of rotatable bonds is 2. The summed E-state index contributed by atoms with van der Waals surface area (Å²) in [6.07, 6.45) is 0. The molecule has 0 aliphatic carbocycles. The molecule has 0 spiro atoms. The summed E-state index contributed by atoms with van der Waals surface area (Å²) in [5.74, 6) is 6.97. The Balaban J connectivity index is 2.42. The summed E-state index contributed by atoms with van der Waals surface area (Å²) in [4.78, 5) is 0. The van der Waals surface area contributed by atoms with E-state index in [1.807, 2.05) is 12.1 Å². The van der Waals surface area contributed by atoms with Crippen molar-refractivity contribution < 1.29 is 0 Å². The van der Waals surface area contributed by atoms with Gasteiger partial charge in [-0.25, -0.2) is 0 Å². The van der Waals surface area contributed by atoms with Gasteiger partial charge >= 0.3 is 0 Å². The first-order valence-corrected chi connectivity index (χ1v) is 6.69. The minimum Gasteiger partial charge on any atom is -0.0964 e. The van der Waals surface area contributed by atoms with E-state index in [-0.39, 0.29) is 11.3 Å². The third-order valence-electron chi connectivity index (χ3n) is 2.86. The van der Waals surface area contributed by atoms with Gasteiger partial charge in [0.1, 0.15) is 0 Å². The van der Waals surface area contributed by atoms with Gasteiger partial charge in [-0.1, -0.05) is 72.5 Å². The van der Waals surface area contributed by atoms with Crippen LogP contribution in [0.15, 0.2) is 60.7 Å². The Bertz CT molecular complexity index is 523. The number of hydrogen-bond donors (Lipinski definition) is 0. The van der Waals surface area contributed by atoms with Gasteiger partial charge < -0.3 is 0 Å². The lowest BCUT2D eigenvalue weighted by Gasteiger charge is -2.14. The molecule has 0 fully saturated rings. The largest absolute Gasteiger partial charge is 0.0964 e. The van der Waals surface area contributed by atoms with E-state index in [1.54, 1.807) is 0 Å². The van der Waals surface area contributed by atoms with Crippen molar-refractivity contribution in [1.29, 1.82) is 0 Å². The Hall–Kier alpha value is -2.00. The lowest BCUT2D eigenvalue weighted by atomic mass is 9.89. The zero-order chi connectivity index (χ0) is 13.7. The van der Waals surface area contributed by atoms with Crippen LogP contribution in [0.25, 0.3) is 0 Å². The average Bonchev–Trinajstić information content (AvgIpc) is 2.40. The molecule has 0 aliphatic heterocycles. The molecule has 0 bridgehead atoms. The van der Waals surface area contributed by atoms with Gasteiger partial charge in [0.05, 0.1) is 5.92 Å². The predicted molar refractivity (Wildman–Crippen MR) is 82.0 cm³/mol. The number of hydrogen-bond acceptors (Lipinski definition) is 0. The molecule has 2 aromatic carbocycles. The molecule has 0 saturated heterocycles. The molecular weight excluding hydrogens is 228 g/mol. The highest BCUT2D eigenvalue weighted by atomic mass is 14.1. The van der Waals surface area contributed by atoms with Crippen LogP contribution in [0.3, 0.4) is 0 Å². The quantitative estimate of drug-likeness (QED) is 0.665. The molecule has 0 nitrogen and oxygen atoms in total. The lowest BCUT2D eigenvalue weighted by molar-refractivity contribution is 0.570. The number of benzene rings is 2. The van der Waals surface area contributed by atoms with Crippen LogP contribution in [-0.4, -0.2) is 0 Å². The Morgan fingerprint density at radius 2 is 1.16 bits per heavy atom. The van der Waals surface area contributed by atoms with Crippen LogP contribution in [0.4, 0.5) is 0 Å². The molecule has 0 saturated carbocycles. The van der Waals surface area contributed by atoms with Gasteiger partial charge in [-0.15, -0.1) is 0 Å². The summed E-state index contributed by atoms with van der Waals surface area (Å²) in [5.41, 5.74) is 2.54. The molecule has 0 atom stereocenters. The van der Waals surface area contributed by atoms with Crippen molar-refractivity contribution in [3.63, 3.8) is 0 Å². The minimum absolute atomic E-state index is 0.0296. The summed E-state index contributed by atoms with van der Waals surface area (Å²) < 4.78 is 0. The van der Waals surface area contributed by atoms with Gasteiger partial charge in [-0.3, -0.25) is 0 Å². The third-order valence-corrected chi connectivity index (χ3v) is 2.86. The summed E-state index contributed by atoms with van der Waals surface area (Å²) in [6.45, 7) is 6.44. The van der Waals surface area contributed by atoms with E-state index in [9.17, 15) is 0 Å². The van der Waals surface area contributed by atoms with E-state index in [2.05, 4.69) is 81.1 Å². The SMILES string of the molecule is CC(C)(C)C#CC(c1ccccc1)c1ccccc1. The van der Waals surface area contributed by atoms with Crippen molar-refractivity contribution in [1.82, 2.24) is 0 Å². The van der Waals surface area contributed by atoms with Gasteiger partial charge in [0.15, 0.2) is 0 Å². The van der Waals surface area contributed by atoms with Gasteiger partial charge in [0.25, 0.3) is 0 Å². The molecule has 96 valence electrons. The van der Waals surface area contributed by atoms with Crippen molar-refractivity contribution in [3.05, 3.63) is 71.8 Å². The maximum atomic E-state index is 3.44. The van der Waals surface area contributed by atoms with Crippen LogP contribution in [0, 0.1) is 17.3 Å². The summed E-state index contributed by atoms with van der Waals surface area (Å²) >= 11 is 0. The molecule has 0 heterocycles. The molecule has 0 unspecified atom stereocenters. The Labute approximate surface area is 116 Å². The fourth-order valence-corrected chi connectivity index (χ4v) is 1.94. The first-order chi connectivity index (χ1) is 9.06. The van der Waals surface area contributed by atoms with E-state index in [0.717, 1.165) is 0 Å². The van der Waals surface area contributed by atoms with Crippen molar-refractivity contribution in [2.24, 2.45) is 5.41 Å². The third kappa shape index (κ3) is 4.00. The van der Waals surface area contributed by atoms with Crippen molar-refractivity contribution >= 4 is 0 Å². The highest BCUT2D eigenvalue weighted by Gasteiger charge is 2.12. The van der Waals surface area contributed by atoms with Crippen molar-refractivity contribution in [3.8, 4) is 11.8 Å². The monoisotopic (exact) mass is 248 g/mol. The first kappa shape index (κ1) is 13.4. The summed E-state index contributed by atoms with van der Waals surface area (Å²) in [6, 6.07) is 21.0. The van der Waals surface area contributed by atoms with Gasteiger partial charge in [-0.05, 0) is 31.9 Å². The molecule has 0 aromatic heterocycles. The van der Waals surface area contributed by atoms with Crippen LogP contribution in [-0.2, 0) is 0 Å². The normalized spacial score (nSPS) is 10.9. The first-order valence-electron chi connectivity index (χ1n) is 6.69. The van der Waals surface area contributed by atoms with Crippen LogP contribution in [0.2, 0.25) is 0 Å². The van der Waals surface area contributed by atoms with Gasteiger partial charge in [-0.2, -0.15) is 0 Å². The maximum Gasteiger partial charge on any atom is 0.0702 e. The second kappa shape index (κ2) is 5.76. The zero-order valence-corrected chi connectivity index (χ0v) is 11.9. The highest BCUT2D eigenvalue weighted by Crippen LogP contribution is 2.24. The molecule has 2 aromatic rings. The van der Waals surface area contributed by atoms with Crippen molar-refractivity contribution in [2.45, 2.75) is 26.7 Å². The fraction of sp³-hybridized carbons (Fsp3) is 0.263. The van der Waals surface area contributed by atoms with Crippen LogP contribution in [0.5, 0.6) is 0 Å². The van der Waals surface area contributed by atoms with E-state index >= 15 is 0 Å². The maximum absolute atomic E-state index is 3.44. The lowest BCUT2D eigenvalue weighted by Crippen LogP contribution is -2.03. The highest BCUT2D eigenvalue weighted by molar-refractivity contribution is 5.40. The van der Waals surface area contributed by atoms with Crippen LogP contribution < -0.4 is 0 Å². The van der Waals surface area contributed by atoms with Crippen molar-refractivity contribution in [2.75, 3.05) is 0 Å². The predicted octanol–water partition coefficient (Wildman–Crippen LogP) is 4.87. The average molecular weight is 248 g/mol. The van der Waals surface area contributed by atoms with Gasteiger partial charge in [0, 0.05) is 5.41 Å². The minimum atomic E-state index is 0.0296. The fourth-order valence-electron chi connectivity index (χ4n) is 1.94. The molecule has 19 heavy (non-hydrogen) atoms. The molecule has 0 aliphatic rings. The topological polar surface area (TPSA) is 0 Å². The Kier molecular flexibility index (Phi) is 4.07. The second-order valence-corrected chi connectivity index (χ2v) is 5.77. The standard InChI is InChI=1S/C19H20/c1-19(2,3)15-14-18(16-10-6-4-7-11-16)17-12-8-5-9-13-17/h4-13,18H,1-3H3. The van der Waals surface area contributed by atoms with Crippen LogP contribution >= 0.6 is 0 Å². The second-order valence-electron chi connectivity index (χ2n) is 5.77. The summed E-state index contributed by atoms with van der Waals surface area (Å²) in [5, 5.41) is 0. The van der Waals surface area contributed by atoms with E-state index in [1.165, 1.54) is 11.1 Å². The molecular formula is C19H20. The Morgan fingerprint density at radius 3 is 1.53 bits per heavy atom. The van der Waals surface area contributed by atoms with Crippen LogP contribution in [0.1, 0.15) is 37.8 Å². The molecule has 2 rings (SSSR count). The van der Waals surface area contributed by atoms with E-state index < -0.39 is 0 Å². The Morgan fingerprint density at radius 1 is 0.737 bits per heavy atom. The zero-order valence-electron chi connectivity index (χ0n) is 11.9. The molecule has 0 amide bonds. The summed E-state index contributed by atoms with van der Waals surface area (Å²) in [7, 11) is 0. The van der Waals surface area contributed by atoms with E-state index in [4.69, 9.17) is 0 Å². The van der Waals surface area contributed by atoms with E-state index in [0.29, 0.717) is 0 Å². The molecule has 0 heteroatoms. The van der Waals surface area contributed by atoms with Gasteiger partial charge in [0.2, 0.25) is 0 Å².